The van der Waals surface area contributed by atoms with Gasteiger partial charge in [0.05, 0.1) is 5.60 Å². The maximum Gasteiger partial charge on any atom is 0.0608 e. The van der Waals surface area contributed by atoms with E-state index in [0.717, 1.165) is 19.5 Å². The summed E-state index contributed by atoms with van der Waals surface area (Å²) in [4.78, 5) is 2.21. The molecular weight excluding hydrogens is 162 g/mol. The van der Waals surface area contributed by atoms with Crippen LogP contribution in [-0.4, -0.2) is 28.7 Å². The third kappa shape index (κ3) is 4.13. The van der Waals surface area contributed by atoms with E-state index in [1.807, 2.05) is 13.8 Å². The topological polar surface area (TPSA) is 23.5 Å². The lowest BCUT2D eigenvalue weighted by atomic mass is 10.1. The molecule has 0 aromatic rings. The number of allylic oxidation sites excluding steroid dienone is 2. The van der Waals surface area contributed by atoms with Gasteiger partial charge in [-0.3, -0.25) is 0 Å². The van der Waals surface area contributed by atoms with Crippen LogP contribution in [0, 0.1) is 0 Å². The SMILES string of the molecule is CC1=CCN(CCC(C)(C)O)C=C1. The Hall–Kier alpha value is -0.760. The minimum absolute atomic E-state index is 0.552. The van der Waals surface area contributed by atoms with Gasteiger partial charge in [0.2, 0.25) is 0 Å². The van der Waals surface area contributed by atoms with Crippen molar-refractivity contribution in [1.82, 2.24) is 4.90 Å². The second kappa shape index (κ2) is 3.97. The first-order chi connectivity index (χ1) is 5.97. The smallest absolute Gasteiger partial charge is 0.0608 e. The molecule has 0 fully saturated rings. The first-order valence-corrected chi connectivity index (χ1v) is 4.79. The number of hydrogen-bond acceptors (Lipinski definition) is 2. The van der Waals surface area contributed by atoms with Gasteiger partial charge in [-0.25, -0.2) is 0 Å². The molecule has 0 amide bonds. The summed E-state index contributed by atoms with van der Waals surface area (Å²) in [6.07, 6.45) is 7.21. The van der Waals surface area contributed by atoms with Crippen LogP contribution in [0.3, 0.4) is 0 Å². The van der Waals surface area contributed by atoms with Crippen LogP contribution in [0.4, 0.5) is 0 Å². The molecule has 1 rings (SSSR count). The monoisotopic (exact) mass is 181 g/mol. The Morgan fingerprint density at radius 3 is 2.69 bits per heavy atom. The van der Waals surface area contributed by atoms with Crippen molar-refractivity contribution in [2.75, 3.05) is 13.1 Å². The second-order valence-electron chi connectivity index (χ2n) is 4.32. The molecular formula is C11H19NO. The van der Waals surface area contributed by atoms with Gasteiger partial charge in [0.1, 0.15) is 0 Å². The third-order valence-electron chi connectivity index (χ3n) is 2.21. The zero-order valence-corrected chi connectivity index (χ0v) is 8.75. The van der Waals surface area contributed by atoms with E-state index in [4.69, 9.17) is 0 Å². The molecule has 0 bridgehead atoms. The summed E-state index contributed by atoms with van der Waals surface area (Å²) < 4.78 is 0. The quantitative estimate of drug-likeness (QED) is 0.719. The maximum absolute atomic E-state index is 9.53. The molecule has 1 aliphatic rings. The van der Waals surface area contributed by atoms with E-state index in [1.54, 1.807) is 0 Å². The first-order valence-electron chi connectivity index (χ1n) is 4.79. The summed E-state index contributed by atoms with van der Waals surface area (Å²) in [6.45, 7) is 7.69. The van der Waals surface area contributed by atoms with Crippen LogP contribution in [0.15, 0.2) is 23.9 Å². The molecule has 0 aromatic carbocycles. The van der Waals surface area contributed by atoms with Gasteiger partial charge in [0.15, 0.2) is 0 Å². The fraction of sp³-hybridized carbons (Fsp3) is 0.636. The van der Waals surface area contributed by atoms with E-state index < -0.39 is 5.60 Å². The summed E-state index contributed by atoms with van der Waals surface area (Å²) in [5.41, 5.74) is 0.767. The highest BCUT2D eigenvalue weighted by molar-refractivity contribution is 5.19. The molecule has 0 atom stereocenters. The average Bonchev–Trinajstić information content (AvgIpc) is 2.02. The molecule has 0 saturated carbocycles. The average molecular weight is 181 g/mol. The highest BCUT2D eigenvalue weighted by Crippen LogP contribution is 2.11. The Morgan fingerprint density at radius 2 is 2.23 bits per heavy atom. The number of aliphatic hydroxyl groups is 1. The second-order valence-corrected chi connectivity index (χ2v) is 4.32. The van der Waals surface area contributed by atoms with Gasteiger partial charge in [0, 0.05) is 13.1 Å². The standard InChI is InChI=1S/C11H19NO/c1-10-4-7-12(8-5-10)9-6-11(2,3)13/h4-5,7,13H,6,8-9H2,1-3H3. The van der Waals surface area contributed by atoms with E-state index in [2.05, 4.69) is 30.2 Å². The summed E-state index contributed by atoms with van der Waals surface area (Å²) in [6, 6.07) is 0. The van der Waals surface area contributed by atoms with E-state index in [1.165, 1.54) is 5.57 Å². The Kier molecular flexibility index (Phi) is 3.15. The third-order valence-corrected chi connectivity index (χ3v) is 2.21. The molecule has 0 saturated heterocycles. The minimum atomic E-state index is -0.552. The maximum atomic E-state index is 9.53. The molecule has 0 spiro atoms. The molecule has 0 aromatic heterocycles. The fourth-order valence-corrected chi connectivity index (χ4v) is 1.20. The predicted octanol–water partition coefficient (Wildman–Crippen LogP) is 1.92. The van der Waals surface area contributed by atoms with E-state index in [-0.39, 0.29) is 0 Å². The van der Waals surface area contributed by atoms with Gasteiger partial charge in [-0.05, 0) is 39.5 Å². The molecule has 0 radical (unpaired) electrons. The number of rotatable bonds is 3. The van der Waals surface area contributed by atoms with Gasteiger partial charge >= 0.3 is 0 Å². The Labute approximate surface area is 80.6 Å². The fourth-order valence-electron chi connectivity index (χ4n) is 1.20. The van der Waals surface area contributed by atoms with Crippen LogP contribution in [-0.2, 0) is 0 Å². The Bertz CT molecular complexity index is 223. The van der Waals surface area contributed by atoms with E-state index in [9.17, 15) is 5.11 Å². The molecule has 1 N–H and O–H groups in total. The van der Waals surface area contributed by atoms with Crippen molar-refractivity contribution in [3.05, 3.63) is 23.9 Å². The summed E-state index contributed by atoms with van der Waals surface area (Å²) >= 11 is 0. The van der Waals surface area contributed by atoms with Crippen LogP contribution >= 0.6 is 0 Å². The Balaban J connectivity index is 2.30. The first kappa shape index (κ1) is 10.3. The van der Waals surface area contributed by atoms with Crippen molar-refractivity contribution in [2.45, 2.75) is 32.8 Å². The normalized spacial score (nSPS) is 17.5. The largest absolute Gasteiger partial charge is 0.390 e. The number of hydrogen-bond donors (Lipinski definition) is 1. The van der Waals surface area contributed by atoms with Crippen LogP contribution in [0.5, 0.6) is 0 Å². The number of nitrogens with zero attached hydrogens (tertiary/aromatic N) is 1. The van der Waals surface area contributed by atoms with Crippen molar-refractivity contribution >= 4 is 0 Å². The highest BCUT2D eigenvalue weighted by atomic mass is 16.3. The van der Waals surface area contributed by atoms with Crippen LogP contribution in [0.25, 0.3) is 0 Å². The summed E-state index contributed by atoms with van der Waals surface area (Å²) in [7, 11) is 0. The minimum Gasteiger partial charge on any atom is -0.390 e. The van der Waals surface area contributed by atoms with E-state index >= 15 is 0 Å². The van der Waals surface area contributed by atoms with Crippen LogP contribution in [0.1, 0.15) is 27.2 Å². The lowest BCUT2D eigenvalue weighted by molar-refractivity contribution is 0.0636. The molecule has 1 aliphatic heterocycles. The van der Waals surface area contributed by atoms with Crippen molar-refractivity contribution in [1.29, 1.82) is 0 Å². The van der Waals surface area contributed by atoms with Crippen molar-refractivity contribution in [3.8, 4) is 0 Å². The molecule has 2 heteroatoms. The molecule has 74 valence electrons. The lowest BCUT2D eigenvalue weighted by Gasteiger charge is -2.25. The molecule has 0 unspecified atom stereocenters. The predicted molar refractivity (Wildman–Crippen MR) is 55.4 cm³/mol. The van der Waals surface area contributed by atoms with Gasteiger partial charge in [-0.2, -0.15) is 0 Å². The zero-order valence-electron chi connectivity index (χ0n) is 8.75. The highest BCUT2D eigenvalue weighted by Gasteiger charge is 2.13. The van der Waals surface area contributed by atoms with Crippen LogP contribution < -0.4 is 0 Å². The van der Waals surface area contributed by atoms with Crippen LogP contribution in [0.2, 0.25) is 0 Å². The molecule has 1 heterocycles. The van der Waals surface area contributed by atoms with Crippen molar-refractivity contribution in [2.24, 2.45) is 0 Å². The zero-order chi connectivity index (χ0) is 9.90. The van der Waals surface area contributed by atoms with Gasteiger partial charge in [0.25, 0.3) is 0 Å². The van der Waals surface area contributed by atoms with Gasteiger partial charge in [-0.15, -0.1) is 0 Å². The molecule has 13 heavy (non-hydrogen) atoms. The Morgan fingerprint density at radius 1 is 1.54 bits per heavy atom. The van der Waals surface area contributed by atoms with Crippen molar-refractivity contribution < 1.29 is 5.11 Å². The van der Waals surface area contributed by atoms with Gasteiger partial charge < -0.3 is 10.0 Å². The summed E-state index contributed by atoms with van der Waals surface area (Å²) in [5.74, 6) is 0. The van der Waals surface area contributed by atoms with Gasteiger partial charge in [-0.1, -0.05) is 11.6 Å². The van der Waals surface area contributed by atoms with E-state index in [0.29, 0.717) is 0 Å². The molecule has 2 nitrogen and oxygen atoms in total. The van der Waals surface area contributed by atoms with Crippen molar-refractivity contribution in [3.63, 3.8) is 0 Å². The summed E-state index contributed by atoms with van der Waals surface area (Å²) in [5, 5.41) is 9.53. The lowest BCUT2D eigenvalue weighted by Crippen LogP contribution is -2.28. The molecule has 0 aliphatic carbocycles.